The zero-order valence-corrected chi connectivity index (χ0v) is 12.0. The van der Waals surface area contributed by atoms with Gasteiger partial charge in [0.05, 0.1) is 4.92 Å². The molecule has 1 saturated heterocycles. The van der Waals surface area contributed by atoms with Gasteiger partial charge in [0.15, 0.2) is 0 Å². The van der Waals surface area contributed by atoms with Crippen molar-refractivity contribution in [2.45, 2.75) is 33.2 Å². The monoisotopic (exact) mass is 280 g/mol. The van der Waals surface area contributed by atoms with E-state index in [0.717, 1.165) is 31.8 Å². The highest BCUT2D eigenvalue weighted by Crippen LogP contribution is 2.27. The first-order valence-electron chi connectivity index (χ1n) is 7.13. The third-order valence-corrected chi connectivity index (χ3v) is 4.22. The van der Waals surface area contributed by atoms with Crippen molar-refractivity contribution in [3.63, 3.8) is 0 Å². The summed E-state index contributed by atoms with van der Waals surface area (Å²) < 4.78 is 14.0. The minimum atomic E-state index is -0.691. The van der Waals surface area contributed by atoms with Crippen LogP contribution in [0.3, 0.4) is 0 Å². The minimum Gasteiger partial charge on any atom is -0.299 e. The van der Waals surface area contributed by atoms with Crippen LogP contribution in [0.25, 0.3) is 0 Å². The first kappa shape index (κ1) is 14.9. The van der Waals surface area contributed by atoms with Crippen LogP contribution in [-0.4, -0.2) is 22.9 Å². The molecule has 1 aromatic carbocycles. The van der Waals surface area contributed by atoms with Gasteiger partial charge in [-0.1, -0.05) is 26.0 Å². The van der Waals surface area contributed by atoms with Crippen LogP contribution in [-0.2, 0) is 6.54 Å². The van der Waals surface area contributed by atoms with E-state index in [0.29, 0.717) is 18.0 Å². The summed E-state index contributed by atoms with van der Waals surface area (Å²) >= 11 is 0. The van der Waals surface area contributed by atoms with Crippen molar-refractivity contribution in [2.75, 3.05) is 13.1 Å². The molecule has 0 bridgehead atoms. The third-order valence-electron chi connectivity index (χ3n) is 4.22. The van der Waals surface area contributed by atoms with Crippen molar-refractivity contribution in [1.82, 2.24) is 4.90 Å². The number of rotatable bonds is 4. The molecule has 0 aliphatic carbocycles. The Bertz CT molecular complexity index is 483. The highest BCUT2D eigenvalue weighted by atomic mass is 19.1. The van der Waals surface area contributed by atoms with E-state index < -0.39 is 16.4 Å². The average molecular weight is 280 g/mol. The smallest absolute Gasteiger partial charge is 0.299 e. The van der Waals surface area contributed by atoms with Gasteiger partial charge in [-0.2, -0.15) is 4.39 Å². The fourth-order valence-corrected chi connectivity index (χ4v) is 2.85. The molecule has 4 nitrogen and oxygen atoms in total. The van der Waals surface area contributed by atoms with Crippen molar-refractivity contribution in [1.29, 1.82) is 0 Å². The van der Waals surface area contributed by atoms with E-state index in [4.69, 9.17) is 0 Å². The lowest BCUT2D eigenvalue weighted by Gasteiger charge is -2.33. The molecule has 1 aliphatic heterocycles. The molecule has 0 spiro atoms. The van der Waals surface area contributed by atoms with Crippen LogP contribution < -0.4 is 0 Å². The fraction of sp³-hybridized carbons (Fsp3) is 0.600. The highest BCUT2D eigenvalue weighted by molar-refractivity contribution is 5.36. The lowest BCUT2D eigenvalue weighted by atomic mass is 9.86. The lowest BCUT2D eigenvalue weighted by molar-refractivity contribution is -0.387. The predicted molar refractivity (Wildman–Crippen MR) is 75.9 cm³/mol. The van der Waals surface area contributed by atoms with Crippen molar-refractivity contribution in [3.05, 3.63) is 39.7 Å². The van der Waals surface area contributed by atoms with Crippen LogP contribution in [0.1, 0.15) is 32.3 Å². The summed E-state index contributed by atoms with van der Waals surface area (Å²) in [6.07, 6.45) is 2.24. The quantitative estimate of drug-likeness (QED) is 0.625. The summed E-state index contributed by atoms with van der Waals surface area (Å²) in [7, 11) is 0. The topological polar surface area (TPSA) is 46.4 Å². The first-order valence-corrected chi connectivity index (χ1v) is 7.13. The molecule has 1 heterocycles. The fourth-order valence-electron chi connectivity index (χ4n) is 2.85. The summed E-state index contributed by atoms with van der Waals surface area (Å²) in [5.74, 6) is 0.733. The number of nitro groups is 1. The standard InChI is InChI=1S/C15H21FN2O2/c1-11(2)12-6-8-17(9-7-12)10-13-4-3-5-14(15(13)16)18(19)20/h3-5,11-12H,6-10H2,1-2H3. The molecule has 20 heavy (non-hydrogen) atoms. The van der Waals surface area contributed by atoms with Crippen LogP contribution in [0.4, 0.5) is 10.1 Å². The van der Waals surface area contributed by atoms with Gasteiger partial charge >= 0.3 is 5.69 Å². The van der Waals surface area contributed by atoms with E-state index >= 15 is 0 Å². The summed E-state index contributed by atoms with van der Waals surface area (Å²) in [6, 6.07) is 4.40. The van der Waals surface area contributed by atoms with Crippen molar-refractivity contribution in [2.24, 2.45) is 11.8 Å². The second-order valence-electron chi connectivity index (χ2n) is 5.86. The van der Waals surface area contributed by atoms with Crippen LogP contribution in [0.2, 0.25) is 0 Å². The molecule has 0 radical (unpaired) electrons. The first-order chi connectivity index (χ1) is 9.49. The second kappa shape index (κ2) is 6.31. The van der Waals surface area contributed by atoms with E-state index in [2.05, 4.69) is 18.7 Å². The lowest BCUT2D eigenvalue weighted by Crippen LogP contribution is -2.35. The molecule has 2 rings (SSSR count). The number of hydrogen-bond donors (Lipinski definition) is 0. The van der Waals surface area contributed by atoms with Crippen molar-refractivity contribution in [3.8, 4) is 0 Å². The SMILES string of the molecule is CC(C)C1CCN(Cc2cccc([N+](=O)[O-])c2F)CC1. The van der Waals surface area contributed by atoms with Gasteiger partial charge in [-0.25, -0.2) is 0 Å². The molecule has 5 heteroatoms. The molecule has 0 aromatic heterocycles. The largest absolute Gasteiger partial charge is 0.305 e. The van der Waals surface area contributed by atoms with E-state index in [9.17, 15) is 14.5 Å². The third kappa shape index (κ3) is 3.33. The van der Waals surface area contributed by atoms with E-state index in [-0.39, 0.29) is 0 Å². The van der Waals surface area contributed by atoms with Crippen molar-refractivity contribution >= 4 is 5.69 Å². The molecule has 110 valence electrons. The minimum absolute atomic E-state index is 0.419. The number of hydrogen-bond acceptors (Lipinski definition) is 3. The normalized spacial score (nSPS) is 17.6. The Hall–Kier alpha value is -1.49. The molecule has 0 unspecified atom stereocenters. The maximum atomic E-state index is 14.0. The number of likely N-dealkylation sites (tertiary alicyclic amines) is 1. The van der Waals surface area contributed by atoms with E-state index in [1.165, 1.54) is 6.07 Å². The van der Waals surface area contributed by atoms with Crippen LogP contribution in [0, 0.1) is 27.8 Å². The van der Waals surface area contributed by atoms with Gasteiger partial charge in [-0.05, 0) is 37.8 Å². The van der Waals surface area contributed by atoms with Crippen LogP contribution >= 0.6 is 0 Å². The summed E-state index contributed by atoms with van der Waals surface area (Å²) in [5.41, 5.74) is -0.0123. The molecular weight excluding hydrogens is 259 g/mol. The van der Waals surface area contributed by atoms with Gasteiger partial charge in [0.1, 0.15) is 0 Å². The van der Waals surface area contributed by atoms with E-state index in [1.54, 1.807) is 12.1 Å². The number of nitro benzene ring substituents is 1. The summed E-state index contributed by atoms with van der Waals surface area (Å²) in [4.78, 5) is 12.3. The highest BCUT2D eigenvalue weighted by Gasteiger charge is 2.23. The Kier molecular flexibility index (Phi) is 4.70. The van der Waals surface area contributed by atoms with E-state index in [1.807, 2.05) is 0 Å². The van der Waals surface area contributed by atoms with Crippen molar-refractivity contribution < 1.29 is 9.31 Å². The molecule has 0 amide bonds. The predicted octanol–water partition coefficient (Wildman–Crippen LogP) is 3.60. The molecule has 1 fully saturated rings. The van der Waals surface area contributed by atoms with Gasteiger partial charge in [-0.15, -0.1) is 0 Å². The Morgan fingerprint density at radius 2 is 2.05 bits per heavy atom. The second-order valence-corrected chi connectivity index (χ2v) is 5.86. The average Bonchev–Trinajstić information content (AvgIpc) is 2.41. The van der Waals surface area contributed by atoms with Crippen LogP contribution in [0.5, 0.6) is 0 Å². The van der Waals surface area contributed by atoms with Gasteiger partial charge in [0.25, 0.3) is 0 Å². The molecule has 0 saturated carbocycles. The molecule has 0 N–H and O–H groups in total. The molecule has 1 aromatic rings. The zero-order chi connectivity index (χ0) is 14.7. The van der Waals surface area contributed by atoms with Gasteiger partial charge in [0, 0.05) is 18.2 Å². The Morgan fingerprint density at radius 3 is 2.60 bits per heavy atom. The maximum Gasteiger partial charge on any atom is 0.305 e. The Balaban J connectivity index is 2.01. The Labute approximate surface area is 118 Å². The van der Waals surface area contributed by atoms with Gasteiger partial charge in [0.2, 0.25) is 5.82 Å². The number of nitrogens with zero attached hydrogens (tertiary/aromatic N) is 2. The van der Waals surface area contributed by atoms with Crippen LogP contribution in [0.15, 0.2) is 18.2 Å². The molecule has 0 atom stereocenters. The Morgan fingerprint density at radius 1 is 1.40 bits per heavy atom. The number of halogens is 1. The van der Waals surface area contributed by atoms with Gasteiger partial charge in [-0.3, -0.25) is 15.0 Å². The zero-order valence-electron chi connectivity index (χ0n) is 12.0. The van der Waals surface area contributed by atoms with Gasteiger partial charge < -0.3 is 0 Å². The molecule has 1 aliphatic rings. The number of piperidine rings is 1. The summed E-state index contributed by atoms with van der Waals surface area (Å²) in [5, 5.41) is 10.7. The maximum absolute atomic E-state index is 14.0. The summed E-state index contributed by atoms with van der Waals surface area (Å²) in [6.45, 7) is 6.80. The number of benzene rings is 1. The molecular formula is C15H21FN2O2.